The Labute approximate surface area is 104 Å². The van der Waals surface area contributed by atoms with Crippen LogP contribution in [0.5, 0.6) is 0 Å². The van der Waals surface area contributed by atoms with Gasteiger partial charge in [0.2, 0.25) is 0 Å². The number of carbonyl (C=O) groups excluding carboxylic acids is 2. The van der Waals surface area contributed by atoms with Crippen LogP contribution in [0.2, 0.25) is 0 Å². The van der Waals surface area contributed by atoms with Crippen LogP contribution in [0.4, 0.5) is 0 Å². The molecule has 0 saturated heterocycles. The van der Waals surface area contributed by atoms with Crippen molar-refractivity contribution >= 4 is 11.6 Å². The van der Waals surface area contributed by atoms with Gasteiger partial charge < -0.3 is 0 Å². The summed E-state index contributed by atoms with van der Waals surface area (Å²) in [7, 11) is 0. The second kappa shape index (κ2) is 6.95. The first-order valence-corrected chi connectivity index (χ1v) is 5.15. The Kier molecular flexibility index (Phi) is 5.24. The van der Waals surface area contributed by atoms with Gasteiger partial charge in [0.1, 0.15) is 11.4 Å². The first kappa shape index (κ1) is 13.6. The smallest absolute Gasteiger partial charge is 0.179 e. The number of hydrogen-bond acceptors (Lipinski definition) is 6. The maximum atomic E-state index is 10.5. The quantitative estimate of drug-likeness (QED) is 0.741. The molecule has 0 aromatic carbocycles. The SMILES string of the molecule is CC(=O)c1cnccn1.CC(=O)c1cnccn1. The lowest BCUT2D eigenvalue weighted by Crippen LogP contribution is -1.95. The van der Waals surface area contributed by atoms with E-state index in [4.69, 9.17) is 0 Å². The molecule has 0 amide bonds. The number of Topliss-reactive ketones (excluding diaryl/α,β-unsaturated/α-hetero) is 2. The molecule has 2 aromatic rings. The van der Waals surface area contributed by atoms with Gasteiger partial charge in [-0.15, -0.1) is 0 Å². The lowest BCUT2D eigenvalue weighted by Gasteiger charge is -1.87. The van der Waals surface area contributed by atoms with Crippen molar-refractivity contribution in [3.05, 3.63) is 48.6 Å². The maximum Gasteiger partial charge on any atom is 0.179 e. The van der Waals surface area contributed by atoms with E-state index >= 15 is 0 Å². The van der Waals surface area contributed by atoms with E-state index in [0.29, 0.717) is 11.4 Å². The fourth-order valence-electron chi connectivity index (χ4n) is 0.962. The molecule has 92 valence electrons. The minimum atomic E-state index is -0.0527. The molecule has 0 aliphatic rings. The number of hydrogen-bond donors (Lipinski definition) is 0. The lowest BCUT2D eigenvalue weighted by molar-refractivity contribution is 0.1000. The van der Waals surface area contributed by atoms with Crippen LogP contribution in [-0.4, -0.2) is 31.5 Å². The third-order valence-corrected chi connectivity index (χ3v) is 1.85. The summed E-state index contributed by atoms with van der Waals surface area (Å²) in [5, 5.41) is 0. The van der Waals surface area contributed by atoms with Gasteiger partial charge in [-0.3, -0.25) is 19.6 Å². The van der Waals surface area contributed by atoms with E-state index in [1.54, 1.807) is 0 Å². The van der Waals surface area contributed by atoms with E-state index in [1.165, 1.54) is 51.0 Å². The topological polar surface area (TPSA) is 85.7 Å². The molecule has 6 nitrogen and oxygen atoms in total. The van der Waals surface area contributed by atoms with Gasteiger partial charge in [0.05, 0.1) is 12.4 Å². The Bertz CT molecular complexity index is 465. The van der Waals surface area contributed by atoms with E-state index in [-0.39, 0.29) is 11.6 Å². The first-order valence-electron chi connectivity index (χ1n) is 5.15. The number of rotatable bonds is 2. The fourth-order valence-corrected chi connectivity index (χ4v) is 0.962. The Morgan fingerprint density at radius 2 is 1.17 bits per heavy atom. The van der Waals surface area contributed by atoms with Crippen molar-refractivity contribution in [2.24, 2.45) is 0 Å². The molecule has 0 atom stereocenters. The van der Waals surface area contributed by atoms with Gasteiger partial charge in [0.15, 0.2) is 11.6 Å². The summed E-state index contributed by atoms with van der Waals surface area (Å²) in [6.45, 7) is 2.92. The molecule has 0 radical (unpaired) electrons. The molecule has 2 heterocycles. The van der Waals surface area contributed by atoms with Crippen molar-refractivity contribution < 1.29 is 9.59 Å². The van der Waals surface area contributed by atoms with E-state index in [2.05, 4.69) is 19.9 Å². The van der Waals surface area contributed by atoms with Crippen LogP contribution in [0, 0.1) is 0 Å². The van der Waals surface area contributed by atoms with Crippen molar-refractivity contribution in [2.45, 2.75) is 13.8 Å². The zero-order valence-electron chi connectivity index (χ0n) is 10.1. The molecule has 0 aliphatic heterocycles. The van der Waals surface area contributed by atoms with E-state index < -0.39 is 0 Å². The molecule has 0 spiro atoms. The molecule has 0 bridgehead atoms. The minimum absolute atomic E-state index is 0.0527. The van der Waals surface area contributed by atoms with Crippen LogP contribution < -0.4 is 0 Å². The third-order valence-electron chi connectivity index (χ3n) is 1.85. The Morgan fingerprint density at radius 3 is 1.33 bits per heavy atom. The second-order valence-electron chi connectivity index (χ2n) is 3.29. The summed E-state index contributed by atoms with van der Waals surface area (Å²) in [5.41, 5.74) is 0.829. The van der Waals surface area contributed by atoms with Crippen LogP contribution in [0.1, 0.15) is 34.8 Å². The average molecular weight is 244 g/mol. The molecule has 6 heteroatoms. The summed E-state index contributed by atoms with van der Waals surface area (Å²) in [5.74, 6) is -0.105. The molecule has 0 unspecified atom stereocenters. The molecule has 18 heavy (non-hydrogen) atoms. The molecule has 0 N–H and O–H groups in total. The van der Waals surface area contributed by atoms with Gasteiger partial charge in [-0.1, -0.05) is 0 Å². The van der Waals surface area contributed by atoms with Gasteiger partial charge in [-0.05, 0) is 0 Å². The third kappa shape index (κ3) is 4.56. The molecule has 2 aromatic heterocycles. The predicted octanol–water partition coefficient (Wildman–Crippen LogP) is 1.36. The molecule has 0 fully saturated rings. The Hall–Kier alpha value is -2.50. The summed E-state index contributed by atoms with van der Waals surface area (Å²) in [4.78, 5) is 36.1. The summed E-state index contributed by atoms with van der Waals surface area (Å²) < 4.78 is 0. The number of carbonyl (C=O) groups is 2. The fraction of sp³-hybridized carbons (Fsp3) is 0.167. The highest BCUT2D eigenvalue weighted by Crippen LogP contribution is 1.89. The second-order valence-corrected chi connectivity index (χ2v) is 3.29. The Morgan fingerprint density at radius 1 is 0.778 bits per heavy atom. The average Bonchev–Trinajstić information content (AvgIpc) is 2.41. The van der Waals surface area contributed by atoms with Gasteiger partial charge in [-0.25, -0.2) is 9.97 Å². The minimum Gasteiger partial charge on any atom is -0.293 e. The maximum absolute atomic E-state index is 10.5. The highest BCUT2D eigenvalue weighted by molar-refractivity contribution is 5.91. The molecule has 0 aliphatic carbocycles. The van der Waals surface area contributed by atoms with Crippen molar-refractivity contribution in [3.63, 3.8) is 0 Å². The number of ketones is 2. The summed E-state index contributed by atoms with van der Waals surface area (Å²) in [6.07, 6.45) is 8.96. The Balaban J connectivity index is 0.000000180. The van der Waals surface area contributed by atoms with Crippen molar-refractivity contribution in [3.8, 4) is 0 Å². The van der Waals surface area contributed by atoms with Gasteiger partial charge in [0, 0.05) is 38.6 Å². The van der Waals surface area contributed by atoms with Crippen molar-refractivity contribution in [1.29, 1.82) is 0 Å². The van der Waals surface area contributed by atoms with Gasteiger partial charge >= 0.3 is 0 Å². The predicted molar refractivity (Wildman–Crippen MR) is 64.1 cm³/mol. The van der Waals surface area contributed by atoms with E-state index in [0.717, 1.165) is 0 Å². The van der Waals surface area contributed by atoms with Crippen LogP contribution >= 0.6 is 0 Å². The molecular weight excluding hydrogens is 232 g/mol. The summed E-state index contributed by atoms with van der Waals surface area (Å²) >= 11 is 0. The molecular formula is C12H12N4O2. The highest BCUT2D eigenvalue weighted by Gasteiger charge is 1.96. The van der Waals surface area contributed by atoms with Gasteiger partial charge in [0.25, 0.3) is 0 Å². The van der Waals surface area contributed by atoms with Gasteiger partial charge in [-0.2, -0.15) is 0 Å². The van der Waals surface area contributed by atoms with E-state index in [1.807, 2.05) is 0 Å². The number of nitrogens with zero attached hydrogens (tertiary/aromatic N) is 4. The normalized spacial score (nSPS) is 9.00. The standard InChI is InChI=1S/2C6H6N2O/c2*1-5(9)6-4-7-2-3-8-6/h2*2-4H,1H3. The summed E-state index contributed by atoms with van der Waals surface area (Å²) in [6, 6.07) is 0. The van der Waals surface area contributed by atoms with Crippen LogP contribution in [0.3, 0.4) is 0 Å². The molecule has 2 rings (SSSR count). The van der Waals surface area contributed by atoms with Crippen LogP contribution in [-0.2, 0) is 0 Å². The largest absolute Gasteiger partial charge is 0.293 e. The monoisotopic (exact) mass is 244 g/mol. The van der Waals surface area contributed by atoms with Crippen molar-refractivity contribution in [2.75, 3.05) is 0 Å². The number of aromatic nitrogens is 4. The van der Waals surface area contributed by atoms with E-state index in [9.17, 15) is 9.59 Å². The van der Waals surface area contributed by atoms with Crippen molar-refractivity contribution in [1.82, 2.24) is 19.9 Å². The first-order chi connectivity index (χ1) is 8.61. The van der Waals surface area contributed by atoms with Crippen LogP contribution in [0.15, 0.2) is 37.2 Å². The lowest BCUT2D eigenvalue weighted by atomic mass is 10.3. The molecule has 0 saturated carbocycles. The van der Waals surface area contributed by atoms with Crippen LogP contribution in [0.25, 0.3) is 0 Å². The highest BCUT2D eigenvalue weighted by atomic mass is 16.1. The zero-order valence-corrected chi connectivity index (χ0v) is 10.1. The zero-order chi connectivity index (χ0) is 13.4.